The fourth-order valence-corrected chi connectivity index (χ4v) is 2.28. The van der Waals surface area contributed by atoms with Gasteiger partial charge in [-0.25, -0.2) is 9.48 Å². The van der Waals surface area contributed by atoms with E-state index >= 15 is 0 Å². The Kier molecular flexibility index (Phi) is 3.95. The number of hydrogen-bond donors (Lipinski definition) is 1. The largest absolute Gasteiger partial charge is 0.478 e. The lowest BCUT2D eigenvalue weighted by Gasteiger charge is -2.04. The van der Waals surface area contributed by atoms with Gasteiger partial charge < -0.3 is 5.11 Å². The molecule has 0 saturated carbocycles. The Morgan fingerprint density at radius 2 is 2.05 bits per heavy atom. The van der Waals surface area contributed by atoms with Gasteiger partial charge in [0.2, 0.25) is 0 Å². The molecule has 0 aliphatic rings. The molecule has 0 fully saturated rings. The second-order valence-electron chi connectivity index (χ2n) is 4.67. The van der Waals surface area contributed by atoms with Crippen LogP contribution in [-0.4, -0.2) is 25.8 Å². The number of para-hydroxylation sites is 2. The van der Waals surface area contributed by atoms with Gasteiger partial charge in [0.15, 0.2) is 0 Å². The van der Waals surface area contributed by atoms with Gasteiger partial charge in [-0.15, -0.1) is 0 Å². The van der Waals surface area contributed by atoms with Crippen molar-refractivity contribution in [3.63, 3.8) is 0 Å². The third-order valence-electron chi connectivity index (χ3n) is 2.92. The van der Waals surface area contributed by atoms with Crippen molar-refractivity contribution in [2.24, 2.45) is 0 Å². The molecule has 1 aromatic heterocycles. The molecule has 0 spiro atoms. The van der Waals surface area contributed by atoms with Crippen molar-refractivity contribution in [2.45, 2.75) is 19.8 Å². The molecule has 2 rings (SSSR count). The van der Waals surface area contributed by atoms with Crippen molar-refractivity contribution < 1.29 is 14.8 Å². The van der Waals surface area contributed by atoms with E-state index in [9.17, 15) is 20.0 Å². The smallest absolute Gasteiger partial charge is 0.340 e. The zero-order chi connectivity index (χ0) is 15.7. The second kappa shape index (κ2) is 5.53. The number of carboxylic acid groups (broad SMARTS) is 1. The van der Waals surface area contributed by atoms with Crippen LogP contribution in [-0.2, 0) is 0 Å². The van der Waals surface area contributed by atoms with Crippen molar-refractivity contribution in [3.8, 4) is 5.69 Å². The molecular formula is C13H12ClN3O4. The van der Waals surface area contributed by atoms with Crippen LogP contribution in [0.2, 0.25) is 5.15 Å². The van der Waals surface area contributed by atoms with Crippen LogP contribution < -0.4 is 0 Å². The molecule has 7 nitrogen and oxygen atoms in total. The maximum Gasteiger partial charge on any atom is 0.340 e. The topological polar surface area (TPSA) is 98.3 Å². The Morgan fingerprint density at radius 3 is 2.52 bits per heavy atom. The van der Waals surface area contributed by atoms with Crippen LogP contribution in [0.5, 0.6) is 0 Å². The second-order valence-corrected chi connectivity index (χ2v) is 5.03. The van der Waals surface area contributed by atoms with Crippen LogP contribution >= 0.6 is 11.6 Å². The molecule has 8 heteroatoms. The van der Waals surface area contributed by atoms with Gasteiger partial charge in [-0.3, -0.25) is 10.1 Å². The zero-order valence-electron chi connectivity index (χ0n) is 11.3. The molecule has 0 aliphatic carbocycles. The third kappa shape index (κ3) is 2.59. The minimum Gasteiger partial charge on any atom is -0.478 e. The fraction of sp³-hybridized carbons (Fsp3) is 0.231. The van der Waals surface area contributed by atoms with Crippen LogP contribution in [0.15, 0.2) is 24.3 Å². The minimum absolute atomic E-state index is 0.127. The van der Waals surface area contributed by atoms with Crippen LogP contribution in [0.4, 0.5) is 5.69 Å². The summed E-state index contributed by atoms with van der Waals surface area (Å²) < 4.78 is 1.10. The van der Waals surface area contributed by atoms with Gasteiger partial charge >= 0.3 is 5.97 Å². The van der Waals surface area contributed by atoms with Crippen LogP contribution in [0.25, 0.3) is 5.69 Å². The number of carboxylic acids is 1. The van der Waals surface area contributed by atoms with E-state index in [-0.39, 0.29) is 33.7 Å². The first-order chi connectivity index (χ1) is 9.84. The van der Waals surface area contributed by atoms with Crippen molar-refractivity contribution in [3.05, 3.63) is 50.8 Å². The first-order valence-electron chi connectivity index (χ1n) is 6.10. The number of carbonyl (C=O) groups is 1. The van der Waals surface area contributed by atoms with Gasteiger partial charge in [0, 0.05) is 6.07 Å². The number of benzene rings is 1. The molecule has 1 aromatic carbocycles. The van der Waals surface area contributed by atoms with Crippen LogP contribution in [0, 0.1) is 10.1 Å². The summed E-state index contributed by atoms with van der Waals surface area (Å²) in [7, 11) is 0. The number of nitrogens with zero attached hydrogens (tertiary/aromatic N) is 3. The Bertz CT molecular complexity index is 724. The minimum atomic E-state index is -1.21. The summed E-state index contributed by atoms with van der Waals surface area (Å²) >= 11 is 6.08. The number of rotatable bonds is 4. The molecule has 1 N–H and O–H groups in total. The molecule has 0 bridgehead atoms. The van der Waals surface area contributed by atoms with E-state index in [2.05, 4.69) is 5.10 Å². The lowest BCUT2D eigenvalue weighted by molar-refractivity contribution is -0.384. The number of aromatic nitrogens is 2. The Morgan fingerprint density at radius 1 is 1.43 bits per heavy atom. The molecule has 0 saturated heterocycles. The predicted molar refractivity (Wildman–Crippen MR) is 76.3 cm³/mol. The van der Waals surface area contributed by atoms with Gasteiger partial charge in [-0.1, -0.05) is 37.6 Å². The summed E-state index contributed by atoms with van der Waals surface area (Å²) in [6, 6.07) is 5.88. The Labute approximate surface area is 124 Å². The molecule has 0 atom stereocenters. The summed E-state index contributed by atoms with van der Waals surface area (Å²) in [5.74, 6) is -1.40. The Hall–Kier alpha value is -2.41. The molecule has 110 valence electrons. The molecule has 21 heavy (non-hydrogen) atoms. The molecule has 1 heterocycles. The van der Waals surface area contributed by atoms with E-state index in [0.717, 1.165) is 4.68 Å². The van der Waals surface area contributed by atoms with E-state index in [4.69, 9.17) is 11.6 Å². The Balaban J connectivity index is 2.75. The highest BCUT2D eigenvalue weighted by Gasteiger charge is 2.27. The number of halogens is 1. The van der Waals surface area contributed by atoms with Gasteiger partial charge in [0.1, 0.15) is 16.4 Å². The molecular weight excluding hydrogens is 298 g/mol. The standard InChI is InChI=1S/C13H12ClN3O4/c1-7(2)11-10(13(18)19)12(14)16(15-11)8-5-3-4-6-9(8)17(20)21/h3-7H,1-2H3,(H,18,19). The predicted octanol–water partition coefficient (Wildman–Crippen LogP) is 3.26. The quantitative estimate of drug-likeness (QED) is 0.690. The highest BCUT2D eigenvalue weighted by atomic mass is 35.5. The number of hydrogen-bond acceptors (Lipinski definition) is 4. The van der Waals surface area contributed by atoms with Crippen molar-refractivity contribution in [2.75, 3.05) is 0 Å². The number of nitro groups is 1. The SMILES string of the molecule is CC(C)c1nn(-c2ccccc2[N+](=O)[O-])c(Cl)c1C(=O)O. The van der Waals surface area contributed by atoms with Crippen molar-refractivity contribution in [1.29, 1.82) is 0 Å². The van der Waals surface area contributed by atoms with Gasteiger partial charge in [-0.05, 0) is 12.0 Å². The molecule has 2 aromatic rings. The highest BCUT2D eigenvalue weighted by molar-refractivity contribution is 6.33. The van der Waals surface area contributed by atoms with Crippen LogP contribution in [0.3, 0.4) is 0 Å². The number of aromatic carboxylic acids is 1. The van der Waals surface area contributed by atoms with E-state index in [1.54, 1.807) is 19.9 Å². The lowest BCUT2D eigenvalue weighted by Crippen LogP contribution is -2.02. The summed E-state index contributed by atoms with van der Waals surface area (Å²) in [5.41, 5.74) is 0.0755. The number of nitro benzene ring substituents is 1. The maximum absolute atomic E-state index is 11.3. The highest BCUT2D eigenvalue weighted by Crippen LogP contribution is 2.31. The van der Waals surface area contributed by atoms with Crippen LogP contribution in [0.1, 0.15) is 35.8 Å². The van der Waals surface area contributed by atoms with Gasteiger partial charge in [0.25, 0.3) is 5.69 Å². The van der Waals surface area contributed by atoms with E-state index in [0.29, 0.717) is 0 Å². The molecule has 0 amide bonds. The first-order valence-corrected chi connectivity index (χ1v) is 6.47. The summed E-state index contributed by atoms with van der Waals surface area (Å²) in [6.07, 6.45) is 0. The first kappa shape index (κ1) is 15.0. The van der Waals surface area contributed by atoms with Crippen molar-refractivity contribution >= 4 is 23.3 Å². The van der Waals surface area contributed by atoms with E-state index < -0.39 is 10.9 Å². The molecule has 0 unspecified atom stereocenters. The molecule has 0 radical (unpaired) electrons. The zero-order valence-corrected chi connectivity index (χ0v) is 12.0. The normalized spacial score (nSPS) is 10.9. The van der Waals surface area contributed by atoms with E-state index in [1.807, 2.05) is 0 Å². The summed E-state index contributed by atoms with van der Waals surface area (Å²) in [5, 5.41) is 24.3. The third-order valence-corrected chi connectivity index (χ3v) is 3.27. The summed E-state index contributed by atoms with van der Waals surface area (Å²) in [6.45, 7) is 3.55. The fourth-order valence-electron chi connectivity index (χ4n) is 1.97. The monoisotopic (exact) mass is 309 g/mol. The lowest BCUT2D eigenvalue weighted by atomic mass is 10.1. The van der Waals surface area contributed by atoms with Crippen molar-refractivity contribution in [1.82, 2.24) is 9.78 Å². The average molecular weight is 310 g/mol. The van der Waals surface area contributed by atoms with E-state index in [1.165, 1.54) is 18.2 Å². The van der Waals surface area contributed by atoms with Gasteiger partial charge in [0.05, 0.1) is 10.6 Å². The maximum atomic E-state index is 11.3. The summed E-state index contributed by atoms with van der Waals surface area (Å²) in [4.78, 5) is 21.8. The van der Waals surface area contributed by atoms with Gasteiger partial charge in [-0.2, -0.15) is 5.10 Å². The average Bonchev–Trinajstić information content (AvgIpc) is 2.76. The molecule has 0 aliphatic heterocycles.